The average molecular weight is 326 g/mol. The van der Waals surface area contributed by atoms with Crippen LogP contribution in [0.4, 0.5) is 0 Å². The first kappa shape index (κ1) is 15.8. The van der Waals surface area contributed by atoms with Crippen molar-refractivity contribution < 1.29 is 23.5 Å². The molecule has 0 aromatic carbocycles. The van der Waals surface area contributed by atoms with Crippen LogP contribution in [0.2, 0.25) is 0 Å². The second-order valence-corrected chi connectivity index (χ2v) is 6.18. The smallest absolute Gasteiger partial charge is 0.313 e. The Morgan fingerprint density at radius 3 is 2.86 bits per heavy atom. The van der Waals surface area contributed by atoms with E-state index in [2.05, 4.69) is 0 Å². The number of hydrogen-bond acceptors (Lipinski definition) is 6. The highest BCUT2D eigenvalue weighted by Gasteiger charge is 2.19. The largest absolute Gasteiger partial charge is 0.481 e. The molecule has 0 spiro atoms. The van der Waals surface area contributed by atoms with Gasteiger partial charge < -0.3 is 13.9 Å². The van der Waals surface area contributed by atoms with Crippen molar-refractivity contribution >= 4 is 35.3 Å². The predicted octanol–water partition coefficient (Wildman–Crippen LogP) is 3.31. The van der Waals surface area contributed by atoms with Crippen LogP contribution < -0.4 is 0 Å². The Labute approximate surface area is 130 Å². The number of carboxylic acids is 1. The van der Waals surface area contributed by atoms with Crippen LogP contribution in [-0.2, 0) is 16.3 Å². The van der Waals surface area contributed by atoms with E-state index in [0.29, 0.717) is 17.3 Å². The maximum Gasteiger partial charge on any atom is 0.313 e. The second-order valence-electron chi connectivity index (χ2n) is 4.21. The Morgan fingerprint density at radius 1 is 1.33 bits per heavy atom. The number of ketones is 1. The summed E-state index contributed by atoms with van der Waals surface area (Å²) in [5.74, 6) is 2.24. The first-order chi connectivity index (χ1) is 10.2. The second kappa shape index (κ2) is 7.99. The fraction of sp³-hybridized carbons (Fsp3) is 0.286. The summed E-state index contributed by atoms with van der Waals surface area (Å²) in [6.07, 6.45) is 4.78. The van der Waals surface area contributed by atoms with Gasteiger partial charge in [0.2, 0.25) is 5.78 Å². The molecule has 1 N–H and O–H groups in total. The number of carbonyl (C=O) groups excluding carboxylic acids is 1. The highest BCUT2D eigenvalue weighted by Crippen LogP contribution is 2.24. The lowest BCUT2D eigenvalue weighted by atomic mass is 10.2. The number of fused-ring (bicyclic) bond motifs is 1. The van der Waals surface area contributed by atoms with Crippen molar-refractivity contribution in [1.29, 1.82) is 0 Å². The third-order valence-electron chi connectivity index (χ3n) is 2.57. The minimum Gasteiger partial charge on any atom is -0.481 e. The molecule has 0 saturated heterocycles. The summed E-state index contributed by atoms with van der Waals surface area (Å²) in [7, 11) is 0. The molecule has 1 aliphatic heterocycles. The summed E-state index contributed by atoms with van der Waals surface area (Å²) in [6, 6.07) is 3.69. The number of furan rings is 2. The fourth-order valence-electron chi connectivity index (χ4n) is 1.64. The van der Waals surface area contributed by atoms with Crippen LogP contribution in [-0.4, -0.2) is 28.4 Å². The van der Waals surface area contributed by atoms with Crippen molar-refractivity contribution in [3.63, 3.8) is 0 Å². The van der Waals surface area contributed by atoms with E-state index < -0.39 is 5.97 Å². The molecular weight excluding hydrogens is 312 g/mol. The van der Waals surface area contributed by atoms with E-state index in [1.165, 1.54) is 11.8 Å². The molecule has 112 valence electrons. The lowest BCUT2D eigenvalue weighted by Crippen LogP contribution is -2.08. The molecule has 3 heterocycles. The number of rotatable bonds is 4. The molecule has 0 aliphatic carbocycles. The van der Waals surface area contributed by atoms with E-state index >= 15 is 0 Å². The Hall–Kier alpha value is -1.60. The molecular formula is C14H14O5S2. The van der Waals surface area contributed by atoms with Crippen LogP contribution in [0.25, 0.3) is 0 Å². The summed E-state index contributed by atoms with van der Waals surface area (Å²) >= 11 is 3.00. The van der Waals surface area contributed by atoms with Gasteiger partial charge in [0.05, 0.1) is 30.3 Å². The SMILES string of the molecule is O=C(O)CSCc1ccoc1.O=C1CSCc2ccoc21. The fourth-order valence-corrected chi connectivity index (χ4v) is 3.19. The van der Waals surface area contributed by atoms with Crippen LogP contribution in [0.3, 0.4) is 0 Å². The zero-order valence-corrected chi connectivity index (χ0v) is 12.7. The molecule has 0 radical (unpaired) electrons. The molecule has 0 fully saturated rings. The number of aliphatic carboxylic acids is 1. The molecule has 2 aromatic rings. The monoisotopic (exact) mass is 326 g/mol. The first-order valence-corrected chi connectivity index (χ1v) is 8.45. The molecule has 21 heavy (non-hydrogen) atoms. The summed E-state index contributed by atoms with van der Waals surface area (Å²) < 4.78 is 9.82. The molecule has 7 heteroatoms. The maximum atomic E-state index is 11.0. The lowest BCUT2D eigenvalue weighted by Gasteiger charge is -2.06. The van der Waals surface area contributed by atoms with Gasteiger partial charge in [0.15, 0.2) is 5.76 Å². The maximum absolute atomic E-state index is 11.0. The number of carbonyl (C=O) groups is 2. The average Bonchev–Trinajstić information content (AvgIpc) is 3.10. The Bertz CT molecular complexity index is 588. The highest BCUT2D eigenvalue weighted by molar-refractivity contribution is 7.99. The standard InChI is InChI=1S/C7H8O3S.C7H6O2S/c8-7(9)5-11-4-6-1-2-10-3-6;8-6-4-10-3-5-1-2-9-7(5)6/h1-3H,4-5H2,(H,8,9);1-2H,3-4H2. The van der Waals surface area contributed by atoms with Gasteiger partial charge in [-0.1, -0.05) is 0 Å². The predicted molar refractivity (Wildman–Crippen MR) is 81.7 cm³/mol. The molecule has 5 nitrogen and oxygen atoms in total. The van der Waals surface area contributed by atoms with Crippen molar-refractivity contribution in [1.82, 2.24) is 0 Å². The quantitative estimate of drug-likeness (QED) is 0.923. The summed E-state index contributed by atoms with van der Waals surface area (Å²) in [4.78, 5) is 21.1. The van der Waals surface area contributed by atoms with E-state index in [0.717, 1.165) is 16.9 Å². The van der Waals surface area contributed by atoms with Gasteiger partial charge in [-0.05, 0) is 12.1 Å². The zero-order valence-electron chi connectivity index (χ0n) is 11.1. The van der Waals surface area contributed by atoms with E-state index in [1.54, 1.807) is 30.6 Å². The number of carboxylic acid groups (broad SMARTS) is 1. The molecule has 1 aliphatic rings. The van der Waals surface area contributed by atoms with Gasteiger partial charge >= 0.3 is 5.97 Å². The Kier molecular flexibility index (Phi) is 6.01. The number of Topliss-reactive ketones (excluding diaryl/α,β-unsaturated/α-hetero) is 1. The molecule has 0 amide bonds. The summed E-state index contributed by atoms with van der Waals surface area (Å²) in [5.41, 5.74) is 2.07. The van der Waals surface area contributed by atoms with Gasteiger partial charge in [-0.3, -0.25) is 9.59 Å². The molecule has 0 bridgehead atoms. The number of hydrogen-bond donors (Lipinski definition) is 1. The van der Waals surface area contributed by atoms with Gasteiger partial charge in [0.1, 0.15) is 0 Å². The van der Waals surface area contributed by atoms with E-state index in [-0.39, 0.29) is 11.5 Å². The van der Waals surface area contributed by atoms with Crippen LogP contribution in [0, 0.1) is 0 Å². The van der Waals surface area contributed by atoms with E-state index in [4.69, 9.17) is 13.9 Å². The third kappa shape index (κ3) is 5.02. The normalized spacial score (nSPS) is 13.2. The topological polar surface area (TPSA) is 80.6 Å². The summed E-state index contributed by atoms with van der Waals surface area (Å²) in [5, 5.41) is 8.30. The van der Waals surface area contributed by atoms with Crippen molar-refractivity contribution in [3.05, 3.63) is 47.8 Å². The molecule has 0 saturated carbocycles. The van der Waals surface area contributed by atoms with Crippen LogP contribution in [0.15, 0.2) is 39.8 Å². The van der Waals surface area contributed by atoms with Crippen LogP contribution in [0.5, 0.6) is 0 Å². The molecule has 2 aromatic heterocycles. The van der Waals surface area contributed by atoms with Crippen LogP contribution in [0.1, 0.15) is 21.7 Å². The minimum absolute atomic E-state index is 0.122. The van der Waals surface area contributed by atoms with Gasteiger partial charge in [-0.25, -0.2) is 0 Å². The molecule has 3 rings (SSSR count). The van der Waals surface area contributed by atoms with Crippen molar-refractivity contribution in [2.75, 3.05) is 11.5 Å². The molecule has 0 atom stereocenters. The van der Waals surface area contributed by atoms with Crippen LogP contribution >= 0.6 is 23.5 Å². The van der Waals surface area contributed by atoms with Crippen molar-refractivity contribution in [2.24, 2.45) is 0 Å². The molecule has 0 unspecified atom stereocenters. The zero-order chi connectivity index (χ0) is 15.1. The number of thioether (sulfide) groups is 2. The van der Waals surface area contributed by atoms with Gasteiger partial charge in [0, 0.05) is 22.6 Å². The Balaban J connectivity index is 0.000000154. The van der Waals surface area contributed by atoms with Gasteiger partial charge in [0.25, 0.3) is 0 Å². The first-order valence-electron chi connectivity index (χ1n) is 6.14. The third-order valence-corrected chi connectivity index (χ3v) is 4.54. The van der Waals surface area contributed by atoms with Gasteiger partial charge in [-0.2, -0.15) is 0 Å². The lowest BCUT2D eigenvalue weighted by molar-refractivity contribution is -0.133. The highest BCUT2D eigenvalue weighted by atomic mass is 32.2. The minimum atomic E-state index is -0.779. The Morgan fingerprint density at radius 2 is 2.19 bits per heavy atom. The van der Waals surface area contributed by atoms with Crippen molar-refractivity contribution in [3.8, 4) is 0 Å². The van der Waals surface area contributed by atoms with E-state index in [1.807, 2.05) is 12.1 Å². The summed E-state index contributed by atoms with van der Waals surface area (Å²) in [6.45, 7) is 0. The van der Waals surface area contributed by atoms with Crippen molar-refractivity contribution in [2.45, 2.75) is 11.5 Å². The van der Waals surface area contributed by atoms with E-state index in [9.17, 15) is 9.59 Å². The van der Waals surface area contributed by atoms with Gasteiger partial charge in [-0.15, -0.1) is 23.5 Å².